The number of ether oxygens (including phenoxy) is 2. The highest BCUT2D eigenvalue weighted by molar-refractivity contribution is 5.79. The molecule has 4 saturated carbocycles. The van der Waals surface area contributed by atoms with Crippen molar-refractivity contribution in [2.75, 3.05) is 0 Å². The van der Waals surface area contributed by atoms with Crippen LogP contribution in [0, 0.1) is 45.3 Å². The Labute approximate surface area is 199 Å². The average molecular weight is 461 g/mol. The van der Waals surface area contributed by atoms with Crippen molar-refractivity contribution in [1.82, 2.24) is 0 Å². The van der Waals surface area contributed by atoms with Gasteiger partial charge in [0.15, 0.2) is 0 Å². The fourth-order valence-corrected chi connectivity index (χ4v) is 9.90. The number of Topliss-reactive ketones (excluding diaryl/α,β-unsaturated/α-hetero) is 1. The number of rotatable bonds is 3. The summed E-state index contributed by atoms with van der Waals surface area (Å²) in [5.74, 6) is 0.732. The summed E-state index contributed by atoms with van der Waals surface area (Å²) in [6.45, 7) is 16.6. The summed E-state index contributed by atoms with van der Waals surface area (Å²) in [4.78, 5) is 36.7. The summed E-state index contributed by atoms with van der Waals surface area (Å²) in [7, 11) is 0. The van der Waals surface area contributed by atoms with E-state index in [0.717, 1.165) is 44.9 Å². The third-order valence-electron chi connectivity index (χ3n) is 11.5. The molecule has 4 aliphatic carbocycles. The fourth-order valence-electron chi connectivity index (χ4n) is 9.90. The Bertz CT molecular complexity index is 847. The lowest BCUT2D eigenvalue weighted by Gasteiger charge is -2.70. The van der Waals surface area contributed by atoms with Gasteiger partial charge in [-0.15, -0.1) is 0 Å². The highest BCUT2D eigenvalue weighted by Gasteiger charge is 2.71. The van der Waals surface area contributed by atoms with Gasteiger partial charge < -0.3 is 9.47 Å². The lowest BCUT2D eigenvalue weighted by Crippen LogP contribution is -2.66. The zero-order valence-corrected chi connectivity index (χ0v) is 22.0. The van der Waals surface area contributed by atoms with Crippen LogP contribution in [0.5, 0.6) is 0 Å². The normalized spacial score (nSPS) is 48.1. The van der Waals surface area contributed by atoms with Crippen LogP contribution < -0.4 is 0 Å². The predicted octanol–water partition coefficient (Wildman–Crippen LogP) is 5.73. The van der Waals surface area contributed by atoms with Gasteiger partial charge in [0, 0.05) is 31.1 Å². The van der Waals surface area contributed by atoms with Crippen molar-refractivity contribution in [3.63, 3.8) is 0 Å². The van der Waals surface area contributed by atoms with Crippen LogP contribution >= 0.6 is 0 Å². The Balaban J connectivity index is 1.76. The highest BCUT2D eigenvalue weighted by Crippen LogP contribution is 2.75. The molecule has 9 atom stereocenters. The van der Waals surface area contributed by atoms with E-state index in [1.807, 2.05) is 0 Å². The first-order valence-electron chi connectivity index (χ1n) is 13.0. The second-order valence-corrected chi connectivity index (χ2v) is 13.1. The number of carbonyl (C=O) groups excluding carboxylic acids is 3. The standard InChI is InChI=1S/C28H44O5/c1-16(29)19-9-13-28(8)24(19)20(32-17(2)30)15-22-26(6)12-11-23(33-18(3)31)25(4,5)21(26)10-14-27(22,28)7/h19-24H,9-15H2,1-8H3/t19-,20-,21?,22?,23+,24?,26+,27-,28-/m1/s1. The van der Waals surface area contributed by atoms with Gasteiger partial charge in [0.25, 0.3) is 0 Å². The molecule has 3 unspecified atom stereocenters. The lowest BCUT2D eigenvalue weighted by molar-refractivity contribution is -0.247. The molecule has 5 heteroatoms. The van der Waals surface area contributed by atoms with Crippen molar-refractivity contribution < 1.29 is 23.9 Å². The van der Waals surface area contributed by atoms with Gasteiger partial charge in [0.05, 0.1) is 0 Å². The van der Waals surface area contributed by atoms with Gasteiger partial charge in [-0.3, -0.25) is 14.4 Å². The van der Waals surface area contributed by atoms with E-state index in [2.05, 4.69) is 34.6 Å². The predicted molar refractivity (Wildman–Crippen MR) is 126 cm³/mol. The lowest BCUT2D eigenvalue weighted by atomic mass is 9.35. The van der Waals surface area contributed by atoms with Gasteiger partial charge in [-0.2, -0.15) is 0 Å². The molecule has 5 nitrogen and oxygen atoms in total. The molecule has 186 valence electrons. The molecular formula is C28H44O5. The van der Waals surface area contributed by atoms with Crippen molar-refractivity contribution in [2.45, 2.75) is 113 Å². The second-order valence-electron chi connectivity index (χ2n) is 13.1. The van der Waals surface area contributed by atoms with E-state index in [9.17, 15) is 14.4 Å². The monoisotopic (exact) mass is 460 g/mol. The Morgan fingerprint density at radius 1 is 0.727 bits per heavy atom. The topological polar surface area (TPSA) is 69.7 Å². The van der Waals surface area contributed by atoms with Crippen molar-refractivity contribution in [3.05, 3.63) is 0 Å². The first-order chi connectivity index (χ1) is 15.2. The van der Waals surface area contributed by atoms with E-state index < -0.39 is 0 Å². The third-order valence-corrected chi connectivity index (χ3v) is 11.5. The molecule has 0 aromatic carbocycles. The molecule has 0 heterocycles. The van der Waals surface area contributed by atoms with Gasteiger partial charge in [0.2, 0.25) is 0 Å². The molecule has 0 amide bonds. The molecule has 0 bridgehead atoms. The SMILES string of the molecule is CC(=O)O[C@H]1CC[C@@]2(C)C(CC[C@]3(C)C2C[C@@H](OC(C)=O)C2[C@@H](C(C)=O)CC[C@]23C)C1(C)C. The molecule has 0 radical (unpaired) electrons. The first kappa shape index (κ1) is 24.7. The first-order valence-corrected chi connectivity index (χ1v) is 13.0. The Morgan fingerprint density at radius 2 is 1.33 bits per heavy atom. The maximum absolute atomic E-state index is 12.7. The van der Waals surface area contributed by atoms with Gasteiger partial charge in [0.1, 0.15) is 18.0 Å². The van der Waals surface area contributed by atoms with Crippen LogP contribution in [0.2, 0.25) is 0 Å². The number of hydrogen-bond acceptors (Lipinski definition) is 5. The Kier molecular flexibility index (Phi) is 5.85. The quantitative estimate of drug-likeness (QED) is 0.503. The van der Waals surface area contributed by atoms with E-state index in [4.69, 9.17) is 9.47 Å². The minimum atomic E-state index is -0.239. The minimum absolute atomic E-state index is 0.0150. The van der Waals surface area contributed by atoms with Crippen LogP contribution in [-0.2, 0) is 23.9 Å². The number of ketones is 1. The van der Waals surface area contributed by atoms with Crippen LogP contribution in [-0.4, -0.2) is 29.9 Å². The molecule has 0 N–H and O–H groups in total. The number of fused-ring (bicyclic) bond motifs is 5. The summed E-state index contributed by atoms with van der Waals surface area (Å²) >= 11 is 0. The van der Waals surface area contributed by atoms with E-state index in [-0.39, 0.29) is 63.4 Å². The number of carbonyl (C=O) groups is 3. The zero-order valence-electron chi connectivity index (χ0n) is 22.0. The average Bonchev–Trinajstić information content (AvgIpc) is 3.05. The summed E-state index contributed by atoms with van der Waals surface area (Å²) in [5, 5.41) is 0. The molecule has 0 saturated heterocycles. The molecule has 0 aromatic rings. The summed E-state index contributed by atoms with van der Waals surface area (Å²) in [5.41, 5.74) is 0.0332. The maximum atomic E-state index is 12.7. The van der Waals surface area contributed by atoms with Crippen LogP contribution in [0.25, 0.3) is 0 Å². The summed E-state index contributed by atoms with van der Waals surface area (Å²) in [6.07, 6.45) is 6.61. The molecular weight excluding hydrogens is 416 g/mol. The Hall–Kier alpha value is -1.39. The van der Waals surface area contributed by atoms with Gasteiger partial charge in [-0.25, -0.2) is 0 Å². The molecule has 0 aliphatic heterocycles. The Morgan fingerprint density at radius 3 is 1.91 bits per heavy atom. The van der Waals surface area contributed by atoms with Crippen LogP contribution in [0.4, 0.5) is 0 Å². The summed E-state index contributed by atoms with van der Waals surface area (Å²) in [6, 6.07) is 0. The van der Waals surface area contributed by atoms with Crippen molar-refractivity contribution in [1.29, 1.82) is 0 Å². The third kappa shape index (κ3) is 3.42. The largest absolute Gasteiger partial charge is 0.462 e. The van der Waals surface area contributed by atoms with E-state index in [1.54, 1.807) is 6.92 Å². The molecule has 33 heavy (non-hydrogen) atoms. The van der Waals surface area contributed by atoms with Crippen molar-refractivity contribution >= 4 is 17.7 Å². The van der Waals surface area contributed by atoms with Crippen LogP contribution in [0.15, 0.2) is 0 Å². The van der Waals surface area contributed by atoms with Crippen molar-refractivity contribution in [2.24, 2.45) is 45.3 Å². The van der Waals surface area contributed by atoms with Gasteiger partial charge in [-0.05, 0) is 80.0 Å². The number of hydrogen-bond donors (Lipinski definition) is 0. The number of esters is 2. The van der Waals surface area contributed by atoms with E-state index in [1.165, 1.54) is 13.8 Å². The van der Waals surface area contributed by atoms with Crippen molar-refractivity contribution in [3.8, 4) is 0 Å². The van der Waals surface area contributed by atoms with E-state index >= 15 is 0 Å². The van der Waals surface area contributed by atoms with E-state index in [0.29, 0.717) is 11.8 Å². The highest BCUT2D eigenvalue weighted by atomic mass is 16.5. The molecule has 4 rings (SSSR count). The smallest absolute Gasteiger partial charge is 0.302 e. The van der Waals surface area contributed by atoms with Crippen LogP contribution in [0.1, 0.15) is 100 Å². The maximum Gasteiger partial charge on any atom is 0.302 e. The molecule has 4 aliphatic rings. The second kappa shape index (κ2) is 7.81. The zero-order chi connectivity index (χ0) is 24.6. The minimum Gasteiger partial charge on any atom is -0.462 e. The fraction of sp³-hybridized carbons (Fsp3) is 0.893. The molecule has 4 fully saturated rings. The molecule has 0 spiro atoms. The summed E-state index contributed by atoms with van der Waals surface area (Å²) < 4.78 is 11.9. The van der Waals surface area contributed by atoms with Gasteiger partial charge >= 0.3 is 11.9 Å². The van der Waals surface area contributed by atoms with Crippen LogP contribution in [0.3, 0.4) is 0 Å². The van der Waals surface area contributed by atoms with Gasteiger partial charge in [-0.1, -0.05) is 34.6 Å². The molecule has 0 aromatic heterocycles.